The van der Waals surface area contributed by atoms with Crippen molar-refractivity contribution >= 4 is 116 Å². The zero-order chi connectivity index (χ0) is 85.4. The number of nitrogens with one attached hydrogen (secondary N) is 8. The van der Waals surface area contributed by atoms with Crippen molar-refractivity contribution in [2.45, 2.75) is 249 Å². The fourth-order valence-corrected chi connectivity index (χ4v) is 10.5. The number of hydrogen-bond donors (Lipinski definition) is 8. The van der Waals surface area contributed by atoms with Gasteiger partial charge in [0.15, 0.2) is 46.3 Å². The first-order valence-electron chi connectivity index (χ1n) is 38.1. The van der Waals surface area contributed by atoms with E-state index in [1.165, 1.54) is 83.1 Å². The number of rotatable bonds is 76. The Morgan fingerprint density at radius 3 is 0.522 bits per heavy atom. The van der Waals surface area contributed by atoms with Crippen LogP contribution in [0.15, 0.2) is 0 Å². The molecule has 0 heterocycles. The normalized spacial score (nSPS) is 13.7. The Hall–Kier alpha value is -7.88. The van der Waals surface area contributed by atoms with Gasteiger partial charge in [-0.3, -0.25) is 78.8 Å². The van der Waals surface area contributed by atoms with Gasteiger partial charge in [0.25, 0.3) is 0 Å². The van der Waals surface area contributed by atoms with Crippen LogP contribution in [-0.2, 0) is 134 Å². The lowest BCUT2D eigenvalue weighted by Gasteiger charge is -2.33. The third kappa shape index (κ3) is 58.6. The monoisotopic (exact) mass is 1640 g/mol. The minimum absolute atomic E-state index is 0. The van der Waals surface area contributed by atoms with Crippen LogP contribution in [0.3, 0.4) is 0 Å². The minimum Gasteiger partial charge on any atom is -0.378 e. The average molecular weight is 1640 g/mol. The summed E-state index contributed by atoms with van der Waals surface area (Å²) in [7, 11) is 0. The SMILES string of the molecule is C.C.CC(=O)CCC(NC(=O)C(CCC(C)=O)NCC(=O)COCCOCC(COCCOCC(=O)CNC(CCC(C)=O)C(=O)NC(CCC(C)=O)C(C)=O)(COCCOCC(=O)CNC(CCC(C)=O)C(=O)NC(CCC(C)=O)C(C)=O)COCCOCC(=O)CNC(CCC(C)=O)C(=O)NC(CCC(C)=O)C(C)=O)C(C)=O. The second-order valence-corrected chi connectivity index (χ2v) is 28.4. The van der Waals surface area contributed by atoms with E-state index in [0.717, 1.165) is 0 Å². The molecule has 0 fully saturated rings. The molecule has 115 heavy (non-hydrogen) atoms. The molecular weight excluding hydrogens is 1510 g/mol. The Morgan fingerprint density at radius 2 is 0.374 bits per heavy atom. The largest absolute Gasteiger partial charge is 0.378 e. The standard InChI is InChI=1S/C77H124N8O28.2CH4/c1-49(86)13-21-65(57(9)94)82-73(102)69(25-17-53(5)90)78-37-61(98)41-106-29-33-110-45-77(46-111-34-30-107-42-62(99)38-79-70(26-18-54(6)91)74(103)83-66(58(10)95)22-14-50(2)87,47-112-35-31-108-43-63(100)39-80-71(27-19-55(7)92)75(104)84-67(59(11)96)23-15-51(3)88)48-113-36-32-109-44-64(101)40-81-72(28-20-56(8)93)76(105)85-68(60(12)97)24-16-52(4)89;;/h65-72,78-81H,13-48H2,1-12H3,(H,82,102)(H,83,103)(H,84,104)(H,85,105);2*1H4. The van der Waals surface area contributed by atoms with Gasteiger partial charge >= 0.3 is 0 Å². The van der Waals surface area contributed by atoms with Crippen molar-refractivity contribution in [2.75, 3.05) is 132 Å². The van der Waals surface area contributed by atoms with E-state index >= 15 is 0 Å². The minimum atomic E-state index is -1.27. The number of amides is 4. The molecular formula is C79H132N8O28. The van der Waals surface area contributed by atoms with Gasteiger partial charge in [0, 0.05) is 51.4 Å². The Balaban J connectivity index is -0.0000627. The van der Waals surface area contributed by atoms with Crippen molar-refractivity contribution in [3.63, 3.8) is 0 Å². The van der Waals surface area contributed by atoms with Crippen molar-refractivity contribution in [1.29, 1.82) is 0 Å². The Morgan fingerprint density at radius 1 is 0.226 bits per heavy atom. The summed E-state index contributed by atoms with van der Waals surface area (Å²) >= 11 is 0. The number of Topliss-reactive ketones (excluding diaryl/α,β-unsaturated/α-hetero) is 16. The number of ketones is 16. The highest BCUT2D eigenvalue weighted by Gasteiger charge is 2.34. The predicted molar refractivity (Wildman–Crippen MR) is 419 cm³/mol. The summed E-state index contributed by atoms with van der Waals surface area (Å²) in [6.07, 6.45) is 0.164. The van der Waals surface area contributed by atoms with Crippen molar-refractivity contribution in [2.24, 2.45) is 5.41 Å². The van der Waals surface area contributed by atoms with Crippen LogP contribution < -0.4 is 42.5 Å². The van der Waals surface area contributed by atoms with Crippen LogP contribution in [0.5, 0.6) is 0 Å². The first kappa shape index (κ1) is 111. The van der Waals surface area contributed by atoms with E-state index < -0.39 is 150 Å². The molecule has 0 saturated heterocycles. The Bertz CT molecular complexity index is 2740. The lowest BCUT2D eigenvalue weighted by Crippen LogP contribution is -2.51. The maximum absolute atomic E-state index is 13.3. The molecule has 656 valence electrons. The van der Waals surface area contributed by atoms with Crippen LogP contribution >= 0.6 is 0 Å². The van der Waals surface area contributed by atoms with E-state index in [-0.39, 0.29) is 269 Å². The maximum Gasteiger partial charge on any atom is 0.237 e. The Labute approximate surface area is 676 Å². The topological polar surface area (TPSA) is 511 Å². The van der Waals surface area contributed by atoms with Crippen LogP contribution in [0.2, 0.25) is 0 Å². The molecule has 8 unspecified atom stereocenters. The molecule has 0 aromatic rings. The van der Waals surface area contributed by atoms with E-state index in [1.807, 2.05) is 0 Å². The van der Waals surface area contributed by atoms with Crippen molar-refractivity contribution < 1.29 is 134 Å². The number of hydrogen-bond acceptors (Lipinski definition) is 32. The summed E-state index contributed by atoms with van der Waals surface area (Å²) < 4.78 is 47.1. The van der Waals surface area contributed by atoms with E-state index in [9.17, 15) is 95.9 Å². The van der Waals surface area contributed by atoms with Gasteiger partial charge in [0.1, 0.15) is 72.7 Å². The highest BCUT2D eigenvalue weighted by molar-refractivity contribution is 5.95. The van der Waals surface area contributed by atoms with Crippen LogP contribution in [0.4, 0.5) is 0 Å². The highest BCUT2D eigenvalue weighted by Crippen LogP contribution is 2.22. The van der Waals surface area contributed by atoms with E-state index in [2.05, 4.69) is 42.5 Å². The lowest BCUT2D eigenvalue weighted by atomic mass is 9.92. The molecule has 0 saturated carbocycles. The van der Waals surface area contributed by atoms with Gasteiger partial charge in [-0.1, -0.05) is 14.9 Å². The lowest BCUT2D eigenvalue weighted by molar-refractivity contribution is -0.131. The van der Waals surface area contributed by atoms with Gasteiger partial charge in [-0.2, -0.15) is 0 Å². The van der Waals surface area contributed by atoms with Gasteiger partial charge in [0.05, 0.1) is 159 Å². The zero-order valence-electron chi connectivity index (χ0n) is 68.0. The second-order valence-electron chi connectivity index (χ2n) is 28.4. The van der Waals surface area contributed by atoms with Gasteiger partial charge in [-0.25, -0.2) is 0 Å². The van der Waals surface area contributed by atoms with Crippen molar-refractivity contribution in [1.82, 2.24) is 42.5 Å². The molecule has 0 aromatic heterocycles. The summed E-state index contributed by atoms with van der Waals surface area (Å²) in [5.41, 5.74) is -1.27. The van der Waals surface area contributed by atoms with Crippen LogP contribution in [0, 0.1) is 5.41 Å². The molecule has 36 heteroatoms. The van der Waals surface area contributed by atoms with Gasteiger partial charge in [-0.15, -0.1) is 0 Å². The number of carbonyl (C=O) groups is 20. The molecule has 0 radical (unpaired) electrons. The van der Waals surface area contributed by atoms with E-state index in [0.29, 0.717) is 0 Å². The smallest absolute Gasteiger partial charge is 0.237 e. The third-order valence-corrected chi connectivity index (χ3v) is 17.1. The highest BCUT2D eigenvalue weighted by atomic mass is 16.6. The first-order valence-corrected chi connectivity index (χ1v) is 38.1. The average Bonchev–Trinajstić information content (AvgIpc) is 0.862. The van der Waals surface area contributed by atoms with Crippen LogP contribution in [-0.4, -0.2) is 296 Å². The van der Waals surface area contributed by atoms with E-state index in [1.54, 1.807) is 0 Å². The fraction of sp³-hybridized carbons (Fsp3) is 0.747. The number of ether oxygens (including phenoxy) is 8. The summed E-state index contributed by atoms with van der Waals surface area (Å²) in [6.45, 7) is 10.1. The van der Waals surface area contributed by atoms with E-state index in [4.69, 9.17) is 37.9 Å². The molecule has 0 rings (SSSR count). The van der Waals surface area contributed by atoms with Crippen LogP contribution in [0.25, 0.3) is 0 Å². The molecule has 0 spiro atoms. The van der Waals surface area contributed by atoms with Crippen molar-refractivity contribution in [3.8, 4) is 0 Å². The molecule has 8 N–H and O–H groups in total. The molecule has 0 aromatic carbocycles. The molecule has 8 atom stereocenters. The summed E-state index contributed by atoms with van der Waals surface area (Å²) in [6, 6.07) is -8.23. The quantitative estimate of drug-likeness (QED) is 0.0389. The molecule has 4 amide bonds. The molecule has 36 nitrogen and oxygen atoms in total. The molecule has 0 aliphatic heterocycles. The predicted octanol–water partition coefficient (Wildman–Crippen LogP) is 0.736. The zero-order valence-corrected chi connectivity index (χ0v) is 68.0. The first-order chi connectivity index (χ1) is 53.3. The molecule has 0 bridgehead atoms. The maximum atomic E-state index is 13.3. The van der Waals surface area contributed by atoms with Gasteiger partial charge in [-0.05, 0) is 134 Å². The van der Waals surface area contributed by atoms with Gasteiger partial charge in [0.2, 0.25) is 23.6 Å². The summed E-state index contributed by atoms with van der Waals surface area (Å²) in [4.78, 5) is 250. The number of carbonyl (C=O) groups excluding carboxylic acids is 20. The summed E-state index contributed by atoms with van der Waals surface area (Å²) in [5, 5.41) is 21.7. The van der Waals surface area contributed by atoms with Gasteiger partial charge < -0.3 is 97.5 Å². The fourth-order valence-electron chi connectivity index (χ4n) is 10.5. The second kappa shape index (κ2) is 65.2. The summed E-state index contributed by atoms with van der Waals surface area (Å²) in [5.74, 6) is -7.93. The van der Waals surface area contributed by atoms with Crippen molar-refractivity contribution in [3.05, 3.63) is 0 Å². The molecule has 0 aliphatic carbocycles. The molecule has 0 aliphatic rings. The third-order valence-electron chi connectivity index (χ3n) is 17.1. The van der Waals surface area contributed by atoms with Crippen LogP contribution in [0.1, 0.15) is 201 Å². The Kier molecular flexibility index (Phi) is 63.1.